The smallest absolute Gasteiger partial charge is 0.0239 e. The molecule has 1 saturated heterocycles. The molecule has 19 heavy (non-hydrogen) atoms. The molecule has 1 unspecified atom stereocenters. The Kier molecular flexibility index (Phi) is 5.00. The Bertz CT molecular complexity index is 424. The van der Waals surface area contributed by atoms with Crippen LogP contribution in [0.4, 0.5) is 0 Å². The number of rotatable bonds is 4. The van der Waals surface area contributed by atoms with E-state index in [9.17, 15) is 0 Å². The lowest BCUT2D eigenvalue weighted by Crippen LogP contribution is -2.44. The molecule has 2 nitrogen and oxygen atoms in total. The van der Waals surface area contributed by atoms with Gasteiger partial charge in [0.2, 0.25) is 0 Å². The van der Waals surface area contributed by atoms with E-state index in [0.29, 0.717) is 6.04 Å². The van der Waals surface area contributed by atoms with Gasteiger partial charge in [-0.3, -0.25) is 4.90 Å². The molecule has 0 amide bonds. The van der Waals surface area contributed by atoms with Crippen molar-refractivity contribution in [3.8, 4) is 0 Å². The van der Waals surface area contributed by atoms with Gasteiger partial charge in [0.1, 0.15) is 0 Å². The van der Waals surface area contributed by atoms with E-state index in [1.54, 1.807) is 0 Å². The molecule has 1 aliphatic rings. The Hall–Kier alpha value is -0.860. The second-order valence-corrected chi connectivity index (χ2v) is 6.04. The van der Waals surface area contributed by atoms with Crippen molar-refractivity contribution in [1.29, 1.82) is 0 Å². The van der Waals surface area contributed by atoms with Gasteiger partial charge in [0.05, 0.1) is 0 Å². The topological polar surface area (TPSA) is 15.3 Å². The average Bonchev–Trinajstić information content (AvgIpc) is 2.38. The minimum atomic E-state index is 0.708. The Morgan fingerprint density at radius 2 is 1.84 bits per heavy atom. The first-order valence-corrected chi connectivity index (χ1v) is 7.57. The van der Waals surface area contributed by atoms with Gasteiger partial charge in [-0.1, -0.05) is 18.6 Å². The van der Waals surface area contributed by atoms with Crippen molar-refractivity contribution >= 4 is 0 Å². The highest BCUT2D eigenvalue weighted by atomic mass is 15.2. The minimum absolute atomic E-state index is 0.708. The molecule has 106 valence electrons. The Morgan fingerprint density at radius 1 is 1.11 bits per heavy atom. The zero-order valence-corrected chi connectivity index (χ0v) is 12.9. The van der Waals surface area contributed by atoms with E-state index in [1.165, 1.54) is 48.1 Å². The Morgan fingerprint density at radius 3 is 2.58 bits per heavy atom. The highest BCUT2D eigenvalue weighted by Gasteiger charge is 2.22. The predicted molar refractivity (Wildman–Crippen MR) is 82.6 cm³/mol. The molecule has 0 aromatic heterocycles. The molecule has 1 heterocycles. The highest BCUT2D eigenvalue weighted by Crippen LogP contribution is 2.22. The van der Waals surface area contributed by atoms with Crippen molar-refractivity contribution < 1.29 is 0 Å². The van der Waals surface area contributed by atoms with Crippen molar-refractivity contribution in [1.82, 2.24) is 10.2 Å². The first-order valence-electron chi connectivity index (χ1n) is 7.57. The third-order valence-electron chi connectivity index (χ3n) is 4.51. The molecule has 0 aliphatic carbocycles. The van der Waals surface area contributed by atoms with E-state index in [0.717, 1.165) is 13.1 Å². The van der Waals surface area contributed by atoms with Crippen LogP contribution in [-0.2, 0) is 6.54 Å². The van der Waals surface area contributed by atoms with E-state index in [1.807, 2.05) is 0 Å². The van der Waals surface area contributed by atoms with Crippen LogP contribution in [0.1, 0.15) is 41.5 Å². The van der Waals surface area contributed by atoms with Crippen LogP contribution in [0.25, 0.3) is 0 Å². The molecule has 1 N–H and O–H groups in total. The first kappa shape index (κ1) is 14.5. The predicted octanol–water partition coefficient (Wildman–Crippen LogP) is 3.19. The maximum Gasteiger partial charge on any atom is 0.0239 e. The van der Waals surface area contributed by atoms with Gasteiger partial charge in [-0.15, -0.1) is 0 Å². The van der Waals surface area contributed by atoms with Crippen LogP contribution in [-0.4, -0.2) is 31.1 Å². The van der Waals surface area contributed by atoms with Crippen LogP contribution >= 0.6 is 0 Å². The summed E-state index contributed by atoms with van der Waals surface area (Å²) in [7, 11) is 2.06. The molecule has 2 rings (SSSR count). The molecular formula is C17H28N2. The fourth-order valence-electron chi connectivity index (χ4n) is 3.14. The summed E-state index contributed by atoms with van der Waals surface area (Å²) < 4.78 is 0. The molecule has 1 aliphatic heterocycles. The highest BCUT2D eigenvalue weighted by molar-refractivity contribution is 5.36. The monoisotopic (exact) mass is 260 g/mol. The van der Waals surface area contributed by atoms with Crippen molar-refractivity contribution in [3.63, 3.8) is 0 Å². The van der Waals surface area contributed by atoms with Crippen molar-refractivity contribution in [2.24, 2.45) is 0 Å². The standard InChI is InChI=1S/C17H28N2/c1-13-9-15(3)16(10-14(13)2)12-19-8-6-5-7-17(19)11-18-4/h9-10,17-18H,5-8,11-12H2,1-4H3. The maximum absolute atomic E-state index is 3.35. The molecule has 0 bridgehead atoms. The van der Waals surface area contributed by atoms with Crippen LogP contribution in [0.2, 0.25) is 0 Å². The van der Waals surface area contributed by atoms with Crippen molar-refractivity contribution in [2.75, 3.05) is 20.1 Å². The van der Waals surface area contributed by atoms with Crippen molar-refractivity contribution in [3.05, 3.63) is 34.4 Å². The second kappa shape index (κ2) is 6.53. The lowest BCUT2D eigenvalue weighted by Gasteiger charge is -2.36. The van der Waals surface area contributed by atoms with Crippen LogP contribution in [0.15, 0.2) is 12.1 Å². The maximum atomic E-state index is 3.35. The fourth-order valence-corrected chi connectivity index (χ4v) is 3.14. The molecular weight excluding hydrogens is 232 g/mol. The number of piperidine rings is 1. The summed E-state index contributed by atoms with van der Waals surface area (Å²) in [6.45, 7) is 10.1. The quantitative estimate of drug-likeness (QED) is 0.894. The van der Waals surface area contributed by atoms with Crippen LogP contribution in [0.3, 0.4) is 0 Å². The van der Waals surface area contributed by atoms with Gasteiger partial charge in [-0.2, -0.15) is 0 Å². The zero-order valence-electron chi connectivity index (χ0n) is 12.9. The Balaban J connectivity index is 2.12. The van der Waals surface area contributed by atoms with Gasteiger partial charge in [0.15, 0.2) is 0 Å². The number of hydrogen-bond acceptors (Lipinski definition) is 2. The summed E-state index contributed by atoms with van der Waals surface area (Å²) in [5.74, 6) is 0. The van der Waals surface area contributed by atoms with Crippen molar-refractivity contribution in [2.45, 2.75) is 52.6 Å². The normalized spacial score (nSPS) is 20.7. The molecule has 1 aromatic carbocycles. The number of likely N-dealkylation sites (N-methyl/N-ethyl adjacent to an activating group) is 1. The molecule has 0 spiro atoms. The average molecular weight is 260 g/mol. The first-order chi connectivity index (χ1) is 9.11. The largest absolute Gasteiger partial charge is 0.318 e. The van der Waals surface area contributed by atoms with E-state index >= 15 is 0 Å². The molecule has 1 fully saturated rings. The summed E-state index contributed by atoms with van der Waals surface area (Å²) in [5, 5.41) is 3.35. The number of nitrogens with zero attached hydrogens (tertiary/aromatic N) is 1. The number of aryl methyl sites for hydroxylation is 3. The molecule has 1 aromatic rings. The summed E-state index contributed by atoms with van der Waals surface area (Å²) in [6, 6.07) is 5.43. The van der Waals surface area contributed by atoms with Crippen LogP contribution < -0.4 is 5.32 Å². The summed E-state index contributed by atoms with van der Waals surface area (Å²) >= 11 is 0. The van der Waals surface area contributed by atoms with Gasteiger partial charge in [-0.05, 0) is 69.5 Å². The second-order valence-electron chi connectivity index (χ2n) is 6.04. The lowest BCUT2D eigenvalue weighted by atomic mass is 9.97. The zero-order chi connectivity index (χ0) is 13.8. The number of likely N-dealkylation sites (tertiary alicyclic amines) is 1. The van der Waals surface area contributed by atoms with Gasteiger partial charge >= 0.3 is 0 Å². The fraction of sp³-hybridized carbons (Fsp3) is 0.647. The lowest BCUT2D eigenvalue weighted by molar-refractivity contribution is 0.139. The summed E-state index contributed by atoms with van der Waals surface area (Å²) in [4.78, 5) is 2.66. The van der Waals surface area contributed by atoms with E-state index in [4.69, 9.17) is 0 Å². The van der Waals surface area contributed by atoms with Crippen LogP contribution in [0.5, 0.6) is 0 Å². The Labute approximate surface area is 118 Å². The molecule has 0 saturated carbocycles. The third kappa shape index (κ3) is 3.58. The number of benzene rings is 1. The number of nitrogens with one attached hydrogen (secondary N) is 1. The van der Waals surface area contributed by atoms with Crippen LogP contribution in [0, 0.1) is 20.8 Å². The molecule has 0 radical (unpaired) electrons. The van der Waals surface area contributed by atoms with Gasteiger partial charge in [-0.25, -0.2) is 0 Å². The van der Waals surface area contributed by atoms with Gasteiger partial charge in [0.25, 0.3) is 0 Å². The SMILES string of the molecule is CNCC1CCCCN1Cc1cc(C)c(C)cc1C. The number of hydrogen-bond donors (Lipinski definition) is 1. The van der Waals surface area contributed by atoms with E-state index in [-0.39, 0.29) is 0 Å². The molecule has 1 atom stereocenters. The molecule has 2 heteroatoms. The van der Waals surface area contributed by atoms with Gasteiger partial charge < -0.3 is 5.32 Å². The van der Waals surface area contributed by atoms with E-state index < -0.39 is 0 Å². The minimum Gasteiger partial charge on any atom is -0.318 e. The summed E-state index contributed by atoms with van der Waals surface area (Å²) in [6.07, 6.45) is 4.07. The van der Waals surface area contributed by atoms with Gasteiger partial charge in [0, 0.05) is 19.1 Å². The summed E-state index contributed by atoms with van der Waals surface area (Å²) in [5.41, 5.74) is 5.78. The third-order valence-corrected chi connectivity index (χ3v) is 4.51. The van der Waals surface area contributed by atoms with E-state index in [2.05, 4.69) is 50.2 Å².